The molecular formula is C31H42FN3O4. The first-order chi connectivity index (χ1) is 18.7. The Morgan fingerprint density at radius 2 is 1.95 bits per heavy atom. The van der Waals surface area contributed by atoms with E-state index in [1.165, 1.54) is 18.2 Å². The van der Waals surface area contributed by atoms with Gasteiger partial charge < -0.3 is 25.3 Å². The molecule has 0 saturated carbocycles. The van der Waals surface area contributed by atoms with Crippen LogP contribution in [0.15, 0.2) is 42.5 Å². The van der Waals surface area contributed by atoms with E-state index in [1.54, 1.807) is 30.0 Å². The number of carbonyl (C=O) groups is 2. The number of Topliss-reactive ketones (excluding diaryl/α,β-unsaturated/α-hetero) is 1. The summed E-state index contributed by atoms with van der Waals surface area (Å²) in [5.74, 6) is -1.84. The number of piperidine rings is 1. The van der Waals surface area contributed by atoms with Gasteiger partial charge >= 0.3 is 0 Å². The van der Waals surface area contributed by atoms with Crippen LogP contribution in [0.5, 0.6) is 5.75 Å². The maximum atomic E-state index is 15.0. The molecule has 2 aromatic carbocycles. The van der Waals surface area contributed by atoms with Gasteiger partial charge in [0.2, 0.25) is 5.91 Å². The van der Waals surface area contributed by atoms with Gasteiger partial charge in [-0.3, -0.25) is 9.59 Å². The Morgan fingerprint density at radius 1 is 1.18 bits per heavy atom. The quantitative estimate of drug-likeness (QED) is 0.315. The maximum Gasteiger partial charge on any atom is 0.231 e. The van der Waals surface area contributed by atoms with Gasteiger partial charge in [-0.25, -0.2) is 4.39 Å². The van der Waals surface area contributed by atoms with Crippen LogP contribution >= 0.6 is 0 Å². The van der Waals surface area contributed by atoms with Crippen LogP contribution in [0.2, 0.25) is 0 Å². The zero-order valence-corrected chi connectivity index (χ0v) is 23.3. The fourth-order valence-electron chi connectivity index (χ4n) is 6.66. The third kappa shape index (κ3) is 6.03. The van der Waals surface area contributed by atoms with E-state index in [0.29, 0.717) is 42.7 Å². The predicted molar refractivity (Wildman–Crippen MR) is 149 cm³/mol. The average molecular weight is 540 g/mol. The number of aromatic hydroxyl groups is 1. The van der Waals surface area contributed by atoms with Crippen molar-refractivity contribution in [1.82, 2.24) is 15.1 Å². The highest BCUT2D eigenvalue weighted by atomic mass is 19.1. The molecule has 212 valence electrons. The number of aliphatic hydroxyl groups is 1. The van der Waals surface area contributed by atoms with Crippen LogP contribution in [0.25, 0.3) is 0 Å². The zero-order chi connectivity index (χ0) is 28.2. The lowest BCUT2D eigenvalue weighted by atomic mass is 9.59. The molecule has 7 nitrogen and oxygen atoms in total. The molecule has 0 aliphatic carbocycles. The summed E-state index contributed by atoms with van der Waals surface area (Å²) in [4.78, 5) is 32.7. The van der Waals surface area contributed by atoms with Crippen molar-refractivity contribution in [2.75, 3.05) is 46.9 Å². The number of nitrogens with zero attached hydrogens (tertiary/aromatic N) is 2. The van der Waals surface area contributed by atoms with E-state index in [4.69, 9.17) is 0 Å². The number of hydrogen-bond acceptors (Lipinski definition) is 6. The SMILES string of the molecule is Cc1c(F)cccc1[C@H]1[C@@H](C(=O)c2cccc(O)c2)CNC[C@@]1(CCCCN(C)C)C(=O)N1CCC[C@H]1CO. The van der Waals surface area contributed by atoms with E-state index in [9.17, 15) is 19.8 Å². The van der Waals surface area contributed by atoms with Gasteiger partial charge in [0.15, 0.2) is 5.78 Å². The van der Waals surface area contributed by atoms with Gasteiger partial charge in [0.05, 0.1) is 18.1 Å². The molecule has 2 heterocycles. The highest BCUT2D eigenvalue weighted by molar-refractivity contribution is 6.00. The maximum absolute atomic E-state index is 15.0. The number of likely N-dealkylation sites (tertiary alicyclic amines) is 1. The van der Waals surface area contributed by atoms with E-state index in [2.05, 4.69) is 10.2 Å². The third-order valence-corrected chi connectivity index (χ3v) is 8.67. The molecule has 2 aliphatic heterocycles. The van der Waals surface area contributed by atoms with E-state index in [-0.39, 0.29) is 35.9 Å². The zero-order valence-electron chi connectivity index (χ0n) is 23.3. The van der Waals surface area contributed by atoms with Gasteiger partial charge in [0.25, 0.3) is 0 Å². The minimum Gasteiger partial charge on any atom is -0.508 e. The molecule has 0 bridgehead atoms. The second-order valence-electron chi connectivity index (χ2n) is 11.5. The van der Waals surface area contributed by atoms with Crippen molar-refractivity contribution in [3.8, 4) is 5.75 Å². The Bertz CT molecular complexity index is 1170. The summed E-state index contributed by atoms with van der Waals surface area (Å²) in [6.07, 6.45) is 3.73. The Labute approximate surface area is 231 Å². The van der Waals surface area contributed by atoms with Gasteiger partial charge in [-0.15, -0.1) is 0 Å². The monoisotopic (exact) mass is 539 g/mol. The topological polar surface area (TPSA) is 93.1 Å². The molecule has 0 aromatic heterocycles. The molecule has 2 aliphatic rings. The summed E-state index contributed by atoms with van der Waals surface area (Å²) in [7, 11) is 4.03. The Balaban J connectivity index is 1.86. The van der Waals surface area contributed by atoms with Crippen LogP contribution in [-0.2, 0) is 4.79 Å². The Morgan fingerprint density at radius 3 is 2.67 bits per heavy atom. The van der Waals surface area contributed by atoms with Gasteiger partial charge in [-0.1, -0.05) is 30.7 Å². The molecule has 3 N–H and O–H groups in total. The molecule has 39 heavy (non-hydrogen) atoms. The minimum absolute atomic E-state index is 0.00279. The number of amides is 1. The minimum atomic E-state index is -1.00. The highest BCUT2D eigenvalue weighted by Crippen LogP contribution is 2.51. The predicted octanol–water partition coefficient (Wildman–Crippen LogP) is 3.73. The molecule has 2 saturated heterocycles. The first-order valence-electron chi connectivity index (χ1n) is 14.0. The lowest BCUT2D eigenvalue weighted by Gasteiger charge is -2.50. The number of nitrogens with one attached hydrogen (secondary N) is 1. The largest absolute Gasteiger partial charge is 0.508 e. The van der Waals surface area contributed by atoms with Crippen LogP contribution in [0, 0.1) is 24.1 Å². The summed E-state index contributed by atoms with van der Waals surface area (Å²) >= 11 is 0. The average Bonchev–Trinajstić information content (AvgIpc) is 3.40. The van der Waals surface area contributed by atoms with Crippen molar-refractivity contribution in [2.24, 2.45) is 11.3 Å². The normalized spacial score (nSPS) is 25.3. The number of phenolic OH excluding ortho intramolecular Hbond substituents is 1. The summed E-state index contributed by atoms with van der Waals surface area (Å²) in [5.41, 5.74) is 0.489. The van der Waals surface area contributed by atoms with Crippen LogP contribution in [0.4, 0.5) is 4.39 Å². The van der Waals surface area contributed by atoms with Crippen molar-refractivity contribution in [1.29, 1.82) is 0 Å². The van der Waals surface area contributed by atoms with Gasteiger partial charge in [-0.2, -0.15) is 0 Å². The molecule has 4 rings (SSSR count). The summed E-state index contributed by atoms with van der Waals surface area (Å²) in [6.45, 7) is 3.75. The number of aliphatic hydroxyl groups excluding tert-OH is 1. The molecule has 0 unspecified atom stereocenters. The number of halogens is 1. The molecule has 2 fully saturated rings. The van der Waals surface area contributed by atoms with E-state index < -0.39 is 17.3 Å². The van der Waals surface area contributed by atoms with E-state index in [1.807, 2.05) is 20.2 Å². The number of benzene rings is 2. The number of hydrogen-bond donors (Lipinski definition) is 3. The summed E-state index contributed by atoms with van der Waals surface area (Å²) in [6, 6.07) is 10.9. The molecule has 0 spiro atoms. The van der Waals surface area contributed by atoms with Crippen molar-refractivity contribution >= 4 is 11.7 Å². The van der Waals surface area contributed by atoms with Crippen LogP contribution < -0.4 is 5.32 Å². The fraction of sp³-hybridized carbons (Fsp3) is 0.548. The van der Waals surface area contributed by atoms with E-state index >= 15 is 4.39 Å². The van der Waals surface area contributed by atoms with Crippen molar-refractivity contribution in [3.63, 3.8) is 0 Å². The van der Waals surface area contributed by atoms with Gasteiger partial charge in [0.1, 0.15) is 11.6 Å². The Hall–Kier alpha value is -2.81. The number of rotatable bonds is 10. The van der Waals surface area contributed by atoms with Crippen LogP contribution in [0.1, 0.15) is 59.5 Å². The molecule has 4 atom stereocenters. The lowest BCUT2D eigenvalue weighted by molar-refractivity contribution is -0.148. The van der Waals surface area contributed by atoms with Crippen molar-refractivity contribution in [3.05, 3.63) is 65.0 Å². The second-order valence-corrected chi connectivity index (χ2v) is 11.5. The van der Waals surface area contributed by atoms with Gasteiger partial charge in [-0.05, 0) is 82.6 Å². The fourth-order valence-corrected chi connectivity index (χ4v) is 6.66. The van der Waals surface area contributed by atoms with Crippen molar-refractivity contribution in [2.45, 2.75) is 51.0 Å². The summed E-state index contributed by atoms with van der Waals surface area (Å²) in [5, 5.41) is 23.6. The standard InChI is InChI=1S/C31H42FN3O4/c1-21-25(12-7-13-27(21)32)28-26(29(38)22-9-6-11-24(37)17-22)18-33-20-31(28,14-4-5-15-34(2)3)30(39)35-16-8-10-23(35)19-36/h6-7,9,11-13,17,23,26,28,33,36-37H,4-5,8,10,14-16,18-20H2,1-3H3/t23-,26-,28-,31+/m0/s1. The number of phenols is 1. The van der Waals surface area contributed by atoms with Crippen LogP contribution in [-0.4, -0.2) is 84.6 Å². The highest BCUT2D eigenvalue weighted by Gasteiger charge is 2.55. The second kappa shape index (κ2) is 12.6. The number of unbranched alkanes of at least 4 members (excludes halogenated alkanes) is 1. The molecular weight excluding hydrogens is 497 g/mol. The first kappa shape index (κ1) is 29.2. The lowest BCUT2D eigenvalue weighted by Crippen LogP contribution is -2.60. The molecule has 1 amide bonds. The number of carbonyl (C=O) groups excluding carboxylic acids is 2. The molecule has 0 radical (unpaired) electrons. The first-order valence-corrected chi connectivity index (χ1v) is 14.0. The number of ketones is 1. The summed E-state index contributed by atoms with van der Waals surface area (Å²) < 4.78 is 15.0. The molecule has 2 aromatic rings. The van der Waals surface area contributed by atoms with Crippen LogP contribution in [0.3, 0.4) is 0 Å². The van der Waals surface area contributed by atoms with E-state index in [0.717, 1.165) is 32.2 Å². The third-order valence-electron chi connectivity index (χ3n) is 8.67. The van der Waals surface area contributed by atoms with Crippen molar-refractivity contribution < 1.29 is 24.2 Å². The Kier molecular flexibility index (Phi) is 9.41. The van der Waals surface area contributed by atoms with Gasteiger partial charge in [0, 0.05) is 37.0 Å². The molecule has 8 heteroatoms. The smallest absolute Gasteiger partial charge is 0.231 e.